The molecule has 2 heterocycles. The summed E-state index contributed by atoms with van der Waals surface area (Å²) in [6.45, 7) is 7.21. The van der Waals surface area contributed by atoms with Crippen molar-refractivity contribution in [3.8, 4) is 5.75 Å². The van der Waals surface area contributed by atoms with Crippen molar-refractivity contribution in [2.45, 2.75) is 26.3 Å². The predicted molar refractivity (Wildman–Crippen MR) is 98.4 cm³/mol. The van der Waals surface area contributed by atoms with Crippen LogP contribution in [0.15, 0.2) is 24.3 Å². The van der Waals surface area contributed by atoms with Crippen LogP contribution < -0.4 is 15.8 Å². The van der Waals surface area contributed by atoms with Gasteiger partial charge in [0.1, 0.15) is 5.75 Å². The molecule has 0 amide bonds. The van der Waals surface area contributed by atoms with Gasteiger partial charge in [-0.05, 0) is 43.0 Å². The summed E-state index contributed by atoms with van der Waals surface area (Å²) in [7, 11) is 0. The molecular formula is C17H25N5OS. The number of nitrogens with zero attached hydrogens (tertiary/aromatic N) is 3. The molecule has 24 heavy (non-hydrogen) atoms. The molecule has 6 nitrogen and oxygen atoms in total. The second-order valence-electron chi connectivity index (χ2n) is 6.35. The Morgan fingerprint density at radius 1 is 1.42 bits per heavy atom. The number of likely N-dealkylation sites (tertiary alicyclic amines) is 1. The molecule has 0 saturated carbocycles. The van der Waals surface area contributed by atoms with Crippen molar-refractivity contribution in [2.24, 2.45) is 5.92 Å². The van der Waals surface area contributed by atoms with Crippen LogP contribution in [0.5, 0.6) is 5.75 Å². The van der Waals surface area contributed by atoms with Crippen molar-refractivity contribution >= 4 is 21.6 Å². The molecule has 1 unspecified atom stereocenters. The quantitative estimate of drug-likeness (QED) is 0.715. The number of ether oxygens (including phenoxy) is 1. The maximum Gasteiger partial charge on any atom is 0.207 e. The van der Waals surface area contributed by atoms with Crippen LogP contribution in [0.2, 0.25) is 0 Å². The Labute approximate surface area is 147 Å². The van der Waals surface area contributed by atoms with E-state index >= 15 is 0 Å². The van der Waals surface area contributed by atoms with Gasteiger partial charge in [0.25, 0.3) is 0 Å². The van der Waals surface area contributed by atoms with Crippen molar-refractivity contribution in [1.29, 1.82) is 0 Å². The SMILES string of the molecule is CC1CCN(Cc2cccc(OCCCNc3nnc(N)s3)c2)C1. The third-order valence-electron chi connectivity index (χ3n) is 4.12. The van der Waals surface area contributed by atoms with Gasteiger partial charge in [0.2, 0.25) is 10.3 Å². The van der Waals surface area contributed by atoms with Crippen LogP contribution in [0.1, 0.15) is 25.3 Å². The molecule has 3 rings (SSSR count). The van der Waals surface area contributed by atoms with Crippen LogP contribution in [0.4, 0.5) is 10.3 Å². The lowest BCUT2D eigenvalue weighted by molar-refractivity contribution is 0.308. The molecule has 1 aliphatic rings. The fraction of sp³-hybridized carbons (Fsp3) is 0.529. The third-order valence-corrected chi connectivity index (χ3v) is 4.83. The summed E-state index contributed by atoms with van der Waals surface area (Å²) in [5, 5.41) is 12.1. The highest BCUT2D eigenvalue weighted by Crippen LogP contribution is 2.20. The number of rotatable bonds is 8. The highest BCUT2D eigenvalue weighted by molar-refractivity contribution is 7.18. The van der Waals surface area contributed by atoms with E-state index in [-0.39, 0.29) is 0 Å². The van der Waals surface area contributed by atoms with E-state index in [9.17, 15) is 0 Å². The minimum atomic E-state index is 0.484. The van der Waals surface area contributed by atoms with Crippen LogP contribution in [0, 0.1) is 5.92 Å². The van der Waals surface area contributed by atoms with Gasteiger partial charge in [0.15, 0.2) is 0 Å². The monoisotopic (exact) mass is 347 g/mol. The van der Waals surface area contributed by atoms with Gasteiger partial charge in [-0.25, -0.2) is 0 Å². The second-order valence-corrected chi connectivity index (χ2v) is 7.36. The maximum absolute atomic E-state index is 5.86. The molecule has 1 aromatic heterocycles. The van der Waals surface area contributed by atoms with E-state index in [1.807, 2.05) is 6.07 Å². The van der Waals surface area contributed by atoms with E-state index < -0.39 is 0 Å². The molecule has 1 fully saturated rings. The molecule has 130 valence electrons. The molecule has 3 N–H and O–H groups in total. The number of hydrogen-bond donors (Lipinski definition) is 2. The topological polar surface area (TPSA) is 76.3 Å². The summed E-state index contributed by atoms with van der Waals surface area (Å²) < 4.78 is 5.86. The summed E-state index contributed by atoms with van der Waals surface area (Å²) >= 11 is 1.36. The Morgan fingerprint density at radius 2 is 2.33 bits per heavy atom. The number of aromatic nitrogens is 2. The van der Waals surface area contributed by atoms with Crippen molar-refractivity contribution in [3.63, 3.8) is 0 Å². The highest BCUT2D eigenvalue weighted by Gasteiger charge is 2.18. The zero-order valence-electron chi connectivity index (χ0n) is 14.1. The van der Waals surface area contributed by atoms with Gasteiger partial charge in [0, 0.05) is 19.6 Å². The first kappa shape index (κ1) is 17.0. The molecule has 1 aromatic carbocycles. The Morgan fingerprint density at radius 3 is 3.08 bits per heavy atom. The zero-order valence-corrected chi connectivity index (χ0v) is 14.9. The van der Waals surface area contributed by atoms with E-state index in [2.05, 4.69) is 45.5 Å². The molecule has 2 aromatic rings. The maximum atomic E-state index is 5.86. The first-order chi connectivity index (χ1) is 11.7. The molecular weight excluding hydrogens is 322 g/mol. The van der Waals surface area contributed by atoms with Gasteiger partial charge < -0.3 is 15.8 Å². The van der Waals surface area contributed by atoms with Gasteiger partial charge in [-0.1, -0.05) is 30.4 Å². The average Bonchev–Trinajstić information content (AvgIpc) is 3.16. The summed E-state index contributed by atoms with van der Waals surface area (Å²) in [4.78, 5) is 2.52. The standard InChI is InChI=1S/C17H25N5OS/c1-13-6-8-22(11-13)12-14-4-2-5-15(10-14)23-9-3-7-19-17-21-20-16(18)24-17/h2,4-5,10,13H,3,6-9,11-12H2,1H3,(H2,18,20)(H,19,21). The van der Waals surface area contributed by atoms with E-state index in [0.717, 1.165) is 36.3 Å². The largest absolute Gasteiger partial charge is 0.494 e. The third kappa shape index (κ3) is 5.07. The Kier molecular flexibility index (Phi) is 5.87. The molecule has 0 aliphatic carbocycles. The van der Waals surface area contributed by atoms with Gasteiger partial charge >= 0.3 is 0 Å². The number of hydrogen-bond acceptors (Lipinski definition) is 7. The predicted octanol–water partition coefficient (Wildman–Crippen LogP) is 2.84. The Hall–Kier alpha value is -1.86. The Bertz CT molecular complexity index is 647. The summed E-state index contributed by atoms with van der Waals surface area (Å²) in [6, 6.07) is 8.43. The Balaban J connectivity index is 1.38. The first-order valence-electron chi connectivity index (χ1n) is 8.46. The van der Waals surface area contributed by atoms with Gasteiger partial charge in [-0.3, -0.25) is 4.90 Å². The van der Waals surface area contributed by atoms with Crippen LogP contribution in [-0.4, -0.2) is 41.3 Å². The van der Waals surface area contributed by atoms with Gasteiger partial charge in [-0.2, -0.15) is 0 Å². The molecule has 7 heteroatoms. The lowest BCUT2D eigenvalue weighted by Crippen LogP contribution is -2.19. The lowest BCUT2D eigenvalue weighted by atomic mass is 10.2. The molecule has 1 aliphatic heterocycles. The second kappa shape index (κ2) is 8.30. The number of nitrogens with two attached hydrogens (primary N) is 1. The lowest BCUT2D eigenvalue weighted by Gasteiger charge is -2.16. The molecule has 1 saturated heterocycles. The van der Waals surface area contributed by atoms with Crippen LogP contribution in [0.25, 0.3) is 0 Å². The number of nitrogens with one attached hydrogen (secondary N) is 1. The average molecular weight is 347 g/mol. The first-order valence-corrected chi connectivity index (χ1v) is 9.27. The normalized spacial score (nSPS) is 18.0. The van der Waals surface area contributed by atoms with Crippen molar-refractivity contribution < 1.29 is 4.74 Å². The zero-order chi connectivity index (χ0) is 16.8. The van der Waals surface area contributed by atoms with Crippen molar-refractivity contribution in [1.82, 2.24) is 15.1 Å². The smallest absolute Gasteiger partial charge is 0.207 e. The number of nitrogen functional groups attached to an aromatic ring is 1. The number of anilines is 2. The summed E-state index contributed by atoms with van der Waals surface area (Å²) in [6.07, 6.45) is 2.21. The van der Waals surface area contributed by atoms with Crippen LogP contribution >= 0.6 is 11.3 Å². The highest BCUT2D eigenvalue weighted by atomic mass is 32.1. The summed E-state index contributed by atoms with van der Waals surface area (Å²) in [5.74, 6) is 1.76. The minimum absolute atomic E-state index is 0.484. The van der Waals surface area contributed by atoms with E-state index in [4.69, 9.17) is 10.5 Å². The van der Waals surface area contributed by atoms with E-state index in [1.165, 1.54) is 36.4 Å². The van der Waals surface area contributed by atoms with Gasteiger partial charge in [-0.15, -0.1) is 10.2 Å². The fourth-order valence-electron chi connectivity index (χ4n) is 2.93. The summed E-state index contributed by atoms with van der Waals surface area (Å²) in [5.41, 5.74) is 6.87. The van der Waals surface area contributed by atoms with Crippen molar-refractivity contribution in [2.75, 3.05) is 37.3 Å². The molecule has 0 radical (unpaired) electrons. The van der Waals surface area contributed by atoms with E-state index in [0.29, 0.717) is 11.7 Å². The van der Waals surface area contributed by atoms with Crippen LogP contribution in [-0.2, 0) is 6.54 Å². The fourth-order valence-corrected chi connectivity index (χ4v) is 3.46. The molecule has 0 spiro atoms. The van der Waals surface area contributed by atoms with Gasteiger partial charge in [0.05, 0.1) is 6.61 Å². The van der Waals surface area contributed by atoms with Crippen molar-refractivity contribution in [3.05, 3.63) is 29.8 Å². The molecule has 1 atom stereocenters. The van der Waals surface area contributed by atoms with Crippen LogP contribution in [0.3, 0.4) is 0 Å². The number of benzene rings is 1. The minimum Gasteiger partial charge on any atom is -0.494 e. The molecule has 0 bridgehead atoms. The van der Waals surface area contributed by atoms with E-state index in [1.54, 1.807) is 0 Å².